The summed E-state index contributed by atoms with van der Waals surface area (Å²) in [6.07, 6.45) is 5.02. The highest BCUT2D eigenvalue weighted by molar-refractivity contribution is 7.98. The smallest absolute Gasteiger partial charge is 0.326 e. The number of H-pyrrole nitrogens is 1. The lowest BCUT2D eigenvalue weighted by molar-refractivity contribution is -0.142. The maximum Gasteiger partial charge on any atom is 0.326 e. The predicted molar refractivity (Wildman–Crippen MR) is 103 cm³/mol. The van der Waals surface area contributed by atoms with Crippen molar-refractivity contribution in [2.45, 2.75) is 43.8 Å². The molecule has 0 bridgehead atoms. The summed E-state index contributed by atoms with van der Waals surface area (Å²) in [4.78, 5) is 53.7. The summed E-state index contributed by atoms with van der Waals surface area (Å²) < 4.78 is 0. The number of carbonyl (C=O) groups is 4. The summed E-state index contributed by atoms with van der Waals surface area (Å²) in [6.45, 7) is 0. The Labute approximate surface area is 166 Å². The molecule has 0 fully saturated rings. The number of aliphatic carboxylic acids is 1. The Kier molecular flexibility index (Phi) is 10.0. The number of rotatable bonds is 13. The number of nitrogens with one attached hydrogen (secondary N) is 3. The number of primary amides is 1. The van der Waals surface area contributed by atoms with Crippen molar-refractivity contribution in [1.82, 2.24) is 20.6 Å². The van der Waals surface area contributed by atoms with Gasteiger partial charge in [0.05, 0.1) is 12.4 Å². The topological polar surface area (TPSA) is 193 Å². The van der Waals surface area contributed by atoms with E-state index in [0.717, 1.165) is 0 Å². The minimum atomic E-state index is -1.29. The molecule has 156 valence electrons. The van der Waals surface area contributed by atoms with Gasteiger partial charge in [-0.3, -0.25) is 14.4 Å². The summed E-state index contributed by atoms with van der Waals surface area (Å²) in [6, 6.07) is -3.15. The first-order valence-electron chi connectivity index (χ1n) is 8.58. The second-order valence-electron chi connectivity index (χ2n) is 6.13. The van der Waals surface area contributed by atoms with Crippen LogP contribution in [0.1, 0.15) is 25.0 Å². The minimum Gasteiger partial charge on any atom is -0.480 e. The van der Waals surface area contributed by atoms with Crippen molar-refractivity contribution in [1.29, 1.82) is 0 Å². The van der Waals surface area contributed by atoms with E-state index >= 15 is 0 Å². The van der Waals surface area contributed by atoms with E-state index in [1.165, 1.54) is 18.1 Å². The summed E-state index contributed by atoms with van der Waals surface area (Å²) >= 11 is 1.47. The summed E-state index contributed by atoms with van der Waals surface area (Å²) in [5, 5.41) is 14.1. The van der Waals surface area contributed by atoms with Gasteiger partial charge >= 0.3 is 5.97 Å². The lowest BCUT2D eigenvalue weighted by Crippen LogP contribution is -2.55. The molecule has 0 aliphatic rings. The Hall–Kier alpha value is -2.60. The molecule has 3 unspecified atom stereocenters. The molecular formula is C16H26N6O5S. The molecule has 0 radical (unpaired) electrons. The van der Waals surface area contributed by atoms with E-state index in [4.69, 9.17) is 11.5 Å². The molecule has 0 aliphatic carbocycles. The van der Waals surface area contributed by atoms with Crippen LogP contribution in [0.4, 0.5) is 0 Å². The predicted octanol–water partition coefficient (Wildman–Crippen LogP) is -1.65. The standard InChI is InChI=1S/C16H26N6O5S/c1-28-5-4-11(15(25)22-12(16(26)27)2-3-13(18)23)21-14(24)10(17)6-9-7-19-8-20-9/h7-8,10-12H,2-6,17H2,1H3,(H2,18,23)(H,19,20)(H,21,24)(H,22,25)(H,26,27). The van der Waals surface area contributed by atoms with Crippen LogP contribution in [0, 0.1) is 0 Å². The van der Waals surface area contributed by atoms with Gasteiger partial charge in [0.2, 0.25) is 17.7 Å². The lowest BCUT2D eigenvalue weighted by atomic mass is 10.1. The number of nitrogens with zero attached hydrogens (tertiary/aromatic N) is 1. The van der Waals surface area contributed by atoms with Gasteiger partial charge in [0, 0.05) is 24.7 Å². The molecule has 0 aromatic carbocycles. The molecule has 0 aliphatic heterocycles. The van der Waals surface area contributed by atoms with Crippen LogP contribution in [0.25, 0.3) is 0 Å². The van der Waals surface area contributed by atoms with E-state index in [9.17, 15) is 24.3 Å². The number of carboxylic acid groups (broad SMARTS) is 1. The van der Waals surface area contributed by atoms with Crippen molar-refractivity contribution < 1.29 is 24.3 Å². The van der Waals surface area contributed by atoms with E-state index in [-0.39, 0.29) is 25.7 Å². The number of imidazole rings is 1. The zero-order valence-corrected chi connectivity index (χ0v) is 16.3. The first-order chi connectivity index (χ1) is 13.2. The van der Waals surface area contributed by atoms with Crippen molar-refractivity contribution in [2.24, 2.45) is 11.5 Å². The summed E-state index contributed by atoms with van der Waals surface area (Å²) in [5.74, 6) is -2.60. The van der Waals surface area contributed by atoms with E-state index in [1.807, 2.05) is 6.26 Å². The van der Waals surface area contributed by atoms with E-state index in [1.54, 1.807) is 6.20 Å². The molecule has 3 atom stereocenters. The fourth-order valence-electron chi connectivity index (χ4n) is 2.33. The monoisotopic (exact) mass is 414 g/mol. The van der Waals surface area contributed by atoms with Gasteiger partial charge in [-0.05, 0) is 24.9 Å². The van der Waals surface area contributed by atoms with E-state index < -0.39 is 41.8 Å². The number of aromatic amines is 1. The van der Waals surface area contributed by atoms with Gasteiger partial charge in [-0.2, -0.15) is 11.8 Å². The van der Waals surface area contributed by atoms with Crippen LogP contribution < -0.4 is 22.1 Å². The highest BCUT2D eigenvalue weighted by Crippen LogP contribution is 2.05. The number of carboxylic acids is 1. The molecule has 0 saturated heterocycles. The Morgan fingerprint density at radius 1 is 1.21 bits per heavy atom. The second-order valence-corrected chi connectivity index (χ2v) is 7.12. The normalized spacial score (nSPS) is 13.9. The Bertz CT molecular complexity index is 668. The third kappa shape index (κ3) is 8.39. The first-order valence-corrected chi connectivity index (χ1v) is 9.97. The fourth-order valence-corrected chi connectivity index (χ4v) is 2.80. The minimum absolute atomic E-state index is 0.140. The molecule has 1 aromatic rings. The van der Waals surface area contributed by atoms with Crippen LogP contribution in [-0.4, -0.2) is 68.9 Å². The number of aromatic nitrogens is 2. The molecule has 1 aromatic heterocycles. The molecule has 0 spiro atoms. The Balaban J connectivity index is 2.72. The highest BCUT2D eigenvalue weighted by atomic mass is 32.2. The molecule has 1 heterocycles. The molecule has 0 saturated carbocycles. The molecule has 11 nitrogen and oxygen atoms in total. The molecule has 3 amide bonds. The summed E-state index contributed by atoms with van der Waals surface area (Å²) in [7, 11) is 0. The van der Waals surface area contributed by atoms with Crippen molar-refractivity contribution >= 4 is 35.5 Å². The Morgan fingerprint density at radius 2 is 1.89 bits per heavy atom. The van der Waals surface area contributed by atoms with Crippen LogP contribution >= 0.6 is 11.8 Å². The van der Waals surface area contributed by atoms with E-state index in [0.29, 0.717) is 11.4 Å². The van der Waals surface area contributed by atoms with Gasteiger partial charge in [0.1, 0.15) is 12.1 Å². The zero-order chi connectivity index (χ0) is 21.1. The van der Waals surface area contributed by atoms with Gasteiger partial charge in [-0.1, -0.05) is 0 Å². The number of hydrogen-bond donors (Lipinski definition) is 6. The number of amides is 3. The van der Waals surface area contributed by atoms with Crippen LogP contribution in [-0.2, 0) is 25.6 Å². The third-order valence-electron chi connectivity index (χ3n) is 3.87. The molecule has 1 rings (SSSR count). The fraction of sp³-hybridized carbons (Fsp3) is 0.562. The average Bonchev–Trinajstić information content (AvgIpc) is 3.14. The number of hydrogen-bond acceptors (Lipinski definition) is 7. The summed E-state index contributed by atoms with van der Waals surface area (Å²) in [5.41, 5.74) is 11.6. The zero-order valence-electron chi connectivity index (χ0n) is 15.5. The first kappa shape index (κ1) is 23.4. The second kappa shape index (κ2) is 12.0. The van der Waals surface area contributed by atoms with Gasteiger partial charge < -0.3 is 32.2 Å². The van der Waals surface area contributed by atoms with Crippen molar-refractivity contribution in [3.05, 3.63) is 18.2 Å². The lowest BCUT2D eigenvalue weighted by Gasteiger charge is -2.22. The molecule has 12 heteroatoms. The van der Waals surface area contributed by atoms with Crippen LogP contribution in [0.2, 0.25) is 0 Å². The van der Waals surface area contributed by atoms with Gasteiger partial charge in [-0.25, -0.2) is 9.78 Å². The molecular weight excluding hydrogens is 388 g/mol. The van der Waals surface area contributed by atoms with E-state index in [2.05, 4.69) is 20.6 Å². The molecule has 8 N–H and O–H groups in total. The van der Waals surface area contributed by atoms with Gasteiger partial charge in [0.15, 0.2) is 0 Å². The maximum atomic E-state index is 12.5. The van der Waals surface area contributed by atoms with Crippen molar-refractivity contribution in [3.8, 4) is 0 Å². The van der Waals surface area contributed by atoms with Crippen LogP contribution in [0.15, 0.2) is 12.5 Å². The van der Waals surface area contributed by atoms with Crippen molar-refractivity contribution in [3.63, 3.8) is 0 Å². The largest absolute Gasteiger partial charge is 0.480 e. The average molecular weight is 414 g/mol. The number of nitrogens with two attached hydrogens (primary N) is 2. The maximum absolute atomic E-state index is 12.5. The highest BCUT2D eigenvalue weighted by Gasteiger charge is 2.28. The number of carbonyl (C=O) groups excluding carboxylic acids is 3. The van der Waals surface area contributed by atoms with Crippen molar-refractivity contribution in [2.75, 3.05) is 12.0 Å². The number of thioether (sulfide) groups is 1. The quantitative estimate of drug-likeness (QED) is 0.221. The van der Waals surface area contributed by atoms with Crippen LogP contribution in [0.5, 0.6) is 0 Å². The molecule has 28 heavy (non-hydrogen) atoms. The Morgan fingerprint density at radius 3 is 2.43 bits per heavy atom. The van der Waals surface area contributed by atoms with Gasteiger partial charge in [-0.15, -0.1) is 0 Å². The SMILES string of the molecule is CSCCC(NC(=O)C(N)Cc1cnc[nH]1)C(=O)NC(CCC(N)=O)C(=O)O. The van der Waals surface area contributed by atoms with Crippen LogP contribution in [0.3, 0.4) is 0 Å². The van der Waals surface area contributed by atoms with Gasteiger partial charge in [0.25, 0.3) is 0 Å². The third-order valence-corrected chi connectivity index (χ3v) is 4.51.